The number of nitriles is 1. The summed E-state index contributed by atoms with van der Waals surface area (Å²) in [7, 11) is 0. The average Bonchev–Trinajstić information content (AvgIpc) is 3.53. The number of carbonyl (C=O) groups is 1. The molecule has 1 aliphatic rings. The lowest BCUT2D eigenvalue weighted by Crippen LogP contribution is -2.28. The van der Waals surface area contributed by atoms with Crippen molar-refractivity contribution in [3.05, 3.63) is 45.5 Å². The second-order valence-corrected chi connectivity index (χ2v) is 12.1. The monoisotopic (exact) mass is 573 g/mol. The summed E-state index contributed by atoms with van der Waals surface area (Å²) >= 11 is 6.15. The molecule has 0 saturated heterocycles. The van der Waals surface area contributed by atoms with Crippen molar-refractivity contribution in [2.75, 3.05) is 11.1 Å². The van der Waals surface area contributed by atoms with E-state index in [9.17, 15) is 10.1 Å². The number of fused-ring (bicyclic) bond motifs is 1. The molecule has 184 valence electrons. The Kier molecular flexibility index (Phi) is 7.89. The largest absolute Gasteiger partial charge is 0.446 e. The highest BCUT2D eigenvalue weighted by molar-refractivity contribution is 9.10. The van der Waals surface area contributed by atoms with Gasteiger partial charge in [-0.1, -0.05) is 45.0 Å². The molecule has 0 aliphatic heterocycles. The molecule has 35 heavy (non-hydrogen) atoms. The van der Waals surface area contributed by atoms with E-state index in [0.717, 1.165) is 31.2 Å². The van der Waals surface area contributed by atoms with Crippen LogP contribution in [0.15, 0.2) is 39.0 Å². The second kappa shape index (κ2) is 10.7. The van der Waals surface area contributed by atoms with Gasteiger partial charge < -0.3 is 9.73 Å². The summed E-state index contributed by atoms with van der Waals surface area (Å²) in [6.07, 6.45) is 5.81. The molecule has 1 N–H and O–H groups in total. The Labute approximate surface area is 222 Å². The summed E-state index contributed by atoms with van der Waals surface area (Å²) < 4.78 is 8.08. The molecule has 1 amide bonds. The predicted octanol–water partition coefficient (Wildman–Crippen LogP) is 6.69. The molecule has 4 rings (SSSR count). The maximum atomic E-state index is 12.8. The number of hydrogen-bond acceptors (Lipinski definition) is 7. The highest BCUT2D eigenvalue weighted by atomic mass is 79.9. The standard InChI is InChI=1S/C25H28BrN5O2S2/c1-5-11-31-22(18-9-10-20(26)33-18)29-30-24(31)34-14-21(32)28-23-17(13-27)16-8-7-15(12-19(16)35-23)25(3,4)6-2/h5,9-10,15H,1,6-8,11-12,14H2,2-4H3,(H,28,32). The van der Waals surface area contributed by atoms with Crippen LogP contribution in [0.4, 0.5) is 5.00 Å². The zero-order valence-electron chi connectivity index (χ0n) is 20.1. The molecule has 3 aromatic heterocycles. The molecule has 0 saturated carbocycles. The van der Waals surface area contributed by atoms with Crippen LogP contribution in [-0.2, 0) is 24.2 Å². The lowest BCUT2D eigenvalue weighted by atomic mass is 9.69. The number of rotatable bonds is 9. The Morgan fingerprint density at radius 2 is 2.29 bits per heavy atom. The van der Waals surface area contributed by atoms with Gasteiger partial charge >= 0.3 is 0 Å². The fraction of sp³-hybridized carbons (Fsp3) is 0.440. The lowest BCUT2D eigenvalue weighted by Gasteiger charge is -2.36. The molecular formula is C25H28BrN5O2S2. The normalized spacial score (nSPS) is 15.5. The van der Waals surface area contributed by atoms with Gasteiger partial charge in [0.15, 0.2) is 15.6 Å². The smallest absolute Gasteiger partial charge is 0.235 e. The number of amides is 1. The van der Waals surface area contributed by atoms with Crippen LogP contribution in [0.3, 0.4) is 0 Å². The van der Waals surface area contributed by atoms with Crippen molar-refractivity contribution in [3.63, 3.8) is 0 Å². The minimum Gasteiger partial charge on any atom is -0.446 e. The molecule has 0 bridgehead atoms. The van der Waals surface area contributed by atoms with Crippen LogP contribution in [0, 0.1) is 22.7 Å². The summed E-state index contributed by atoms with van der Waals surface area (Å²) in [6, 6.07) is 5.94. The first kappa shape index (κ1) is 25.7. The molecule has 0 radical (unpaired) electrons. The van der Waals surface area contributed by atoms with E-state index in [1.165, 1.54) is 16.6 Å². The van der Waals surface area contributed by atoms with Crippen molar-refractivity contribution in [2.24, 2.45) is 11.3 Å². The topological polar surface area (TPSA) is 96.7 Å². The van der Waals surface area contributed by atoms with E-state index in [0.29, 0.717) is 44.4 Å². The highest BCUT2D eigenvalue weighted by Crippen LogP contribution is 2.45. The molecule has 1 unspecified atom stereocenters. The van der Waals surface area contributed by atoms with Crippen molar-refractivity contribution in [1.29, 1.82) is 5.26 Å². The summed E-state index contributed by atoms with van der Waals surface area (Å²) in [5.74, 6) is 1.71. The fourth-order valence-electron chi connectivity index (χ4n) is 4.35. The van der Waals surface area contributed by atoms with Gasteiger partial charge in [-0.2, -0.15) is 5.26 Å². The Bertz CT molecular complexity index is 1280. The Morgan fingerprint density at radius 3 is 2.94 bits per heavy atom. The molecule has 10 heteroatoms. The number of thiophene rings is 1. The number of halogens is 1. The number of aromatic nitrogens is 3. The molecule has 1 atom stereocenters. The van der Waals surface area contributed by atoms with Crippen molar-refractivity contribution >= 4 is 49.9 Å². The van der Waals surface area contributed by atoms with E-state index >= 15 is 0 Å². The van der Waals surface area contributed by atoms with Crippen LogP contribution in [0.1, 0.15) is 49.6 Å². The zero-order chi connectivity index (χ0) is 25.2. The van der Waals surface area contributed by atoms with E-state index in [1.807, 2.05) is 10.6 Å². The number of hydrogen-bond donors (Lipinski definition) is 1. The third-order valence-corrected chi connectivity index (χ3v) is 9.36. The van der Waals surface area contributed by atoms with Crippen molar-refractivity contribution in [3.8, 4) is 17.7 Å². The fourth-order valence-corrected chi connectivity index (χ4v) is 6.70. The number of nitrogens with zero attached hydrogens (tertiary/aromatic N) is 4. The number of anilines is 1. The molecule has 0 fully saturated rings. The number of carbonyl (C=O) groups excluding carboxylic acids is 1. The van der Waals surface area contributed by atoms with Crippen LogP contribution >= 0.6 is 39.0 Å². The van der Waals surface area contributed by atoms with Gasteiger partial charge in [0.1, 0.15) is 11.1 Å². The summed E-state index contributed by atoms with van der Waals surface area (Å²) in [6.45, 7) is 11.2. The minimum absolute atomic E-state index is 0.149. The van der Waals surface area contributed by atoms with E-state index in [4.69, 9.17) is 4.42 Å². The number of nitrogens with one attached hydrogen (secondary N) is 1. The molecule has 0 spiro atoms. The summed E-state index contributed by atoms with van der Waals surface area (Å²) in [5, 5.41) is 22.6. The quantitative estimate of drug-likeness (QED) is 0.226. The second-order valence-electron chi connectivity index (χ2n) is 9.25. The number of thioether (sulfide) groups is 1. The van der Waals surface area contributed by atoms with Gasteiger partial charge in [-0.3, -0.25) is 9.36 Å². The van der Waals surface area contributed by atoms with Crippen LogP contribution in [0.25, 0.3) is 11.6 Å². The Balaban J connectivity index is 1.46. The third-order valence-electron chi connectivity index (χ3n) is 6.80. The average molecular weight is 575 g/mol. The van der Waals surface area contributed by atoms with Crippen LogP contribution in [0.2, 0.25) is 0 Å². The zero-order valence-corrected chi connectivity index (χ0v) is 23.3. The molecule has 1 aliphatic carbocycles. The maximum Gasteiger partial charge on any atom is 0.235 e. The third kappa shape index (κ3) is 5.42. The first-order valence-corrected chi connectivity index (χ1v) is 14.1. The van der Waals surface area contributed by atoms with Gasteiger partial charge in [0.25, 0.3) is 0 Å². The van der Waals surface area contributed by atoms with Crippen molar-refractivity contribution < 1.29 is 9.21 Å². The van der Waals surface area contributed by atoms with E-state index < -0.39 is 0 Å². The molecule has 3 heterocycles. The highest BCUT2D eigenvalue weighted by Gasteiger charge is 2.34. The Morgan fingerprint density at radius 1 is 1.49 bits per heavy atom. The molecule has 7 nitrogen and oxygen atoms in total. The SMILES string of the molecule is C=CCn1c(SCC(=O)Nc2sc3c(c2C#N)CCC(C(C)(C)CC)C3)nnc1-c1ccc(Br)o1. The first-order chi connectivity index (χ1) is 16.8. The summed E-state index contributed by atoms with van der Waals surface area (Å²) in [5.41, 5.74) is 2.00. The summed E-state index contributed by atoms with van der Waals surface area (Å²) in [4.78, 5) is 14.1. The van der Waals surface area contributed by atoms with Gasteiger partial charge in [-0.05, 0) is 64.2 Å². The number of furan rings is 1. The lowest BCUT2D eigenvalue weighted by molar-refractivity contribution is -0.113. The van der Waals surface area contributed by atoms with Gasteiger partial charge in [0.2, 0.25) is 11.7 Å². The maximum absolute atomic E-state index is 12.8. The van der Waals surface area contributed by atoms with Gasteiger partial charge in [-0.15, -0.1) is 28.1 Å². The van der Waals surface area contributed by atoms with Gasteiger partial charge in [0.05, 0.1) is 11.3 Å². The first-order valence-electron chi connectivity index (χ1n) is 11.5. The van der Waals surface area contributed by atoms with E-state index in [1.54, 1.807) is 23.5 Å². The molecule has 3 aromatic rings. The van der Waals surface area contributed by atoms with Gasteiger partial charge in [0, 0.05) is 11.4 Å². The van der Waals surface area contributed by atoms with E-state index in [2.05, 4.69) is 64.9 Å². The van der Waals surface area contributed by atoms with Crippen LogP contribution in [0.5, 0.6) is 0 Å². The minimum atomic E-state index is -0.175. The number of allylic oxidation sites excluding steroid dienone is 1. The predicted molar refractivity (Wildman–Crippen MR) is 144 cm³/mol. The van der Waals surface area contributed by atoms with E-state index in [-0.39, 0.29) is 17.1 Å². The van der Waals surface area contributed by atoms with Gasteiger partial charge in [-0.25, -0.2) is 0 Å². The molecular weight excluding hydrogens is 546 g/mol. The van der Waals surface area contributed by atoms with Crippen LogP contribution < -0.4 is 5.32 Å². The Hall–Kier alpha value is -2.35. The van der Waals surface area contributed by atoms with Crippen molar-refractivity contribution in [1.82, 2.24) is 14.8 Å². The molecule has 0 aromatic carbocycles. The van der Waals surface area contributed by atoms with Crippen LogP contribution in [-0.4, -0.2) is 26.4 Å². The van der Waals surface area contributed by atoms with Crippen molar-refractivity contribution in [2.45, 2.75) is 58.2 Å².